The summed E-state index contributed by atoms with van der Waals surface area (Å²) in [5, 5.41) is 5.21. The van der Waals surface area contributed by atoms with Crippen molar-refractivity contribution < 1.29 is 14.3 Å². The molecule has 0 bridgehead atoms. The third-order valence-electron chi connectivity index (χ3n) is 5.93. The molecule has 8 nitrogen and oxygen atoms in total. The lowest BCUT2D eigenvalue weighted by Crippen LogP contribution is -2.27. The Kier molecular flexibility index (Phi) is 7.83. The molecule has 1 atom stereocenters. The van der Waals surface area contributed by atoms with Crippen LogP contribution in [-0.2, 0) is 11.8 Å². The predicted octanol–water partition coefficient (Wildman–Crippen LogP) is 4.86. The monoisotopic (exact) mass is 516 g/mol. The lowest BCUT2D eigenvalue weighted by atomic mass is 10.2. The van der Waals surface area contributed by atoms with Crippen LogP contribution in [-0.4, -0.2) is 33.5 Å². The maximum Gasteiger partial charge on any atom is 0.295 e. The number of thioether (sulfide) groups is 1. The van der Waals surface area contributed by atoms with Crippen LogP contribution < -0.4 is 20.9 Å². The van der Waals surface area contributed by atoms with E-state index in [2.05, 4.69) is 10.6 Å². The summed E-state index contributed by atoms with van der Waals surface area (Å²) < 4.78 is 8.42. The Morgan fingerprint density at radius 1 is 0.946 bits per heavy atom. The predicted molar refractivity (Wildman–Crippen MR) is 147 cm³/mol. The van der Waals surface area contributed by atoms with Crippen molar-refractivity contribution in [3.05, 3.63) is 100 Å². The van der Waals surface area contributed by atoms with E-state index in [1.807, 2.05) is 42.5 Å². The molecule has 9 heteroatoms. The number of methoxy groups -OCH3 is 1. The lowest BCUT2D eigenvalue weighted by molar-refractivity contribution is -0.115. The van der Waals surface area contributed by atoms with Crippen LogP contribution in [0, 0.1) is 6.92 Å². The van der Waals surface area contributed by atoms with Crippen LogP contribution in [0.1, 0.15) is 23.0 Å². The molecule has 2 N–H and O–H groups in total. The Bertz CT molecular complexity index is 1480. The molecule has 0 aliphatic carbocycles. The van der Waals surface area contributed by atoms with Crippen molar-refractivity contribution in [3.8, 4) is 11.4 Å². The maximum atomic E-state index is 13.1. The first-order valence-corrected chi connectivity index (χ1v) is 12.5. The molecule has 0 fully saturated rings. The second-order valence-electron chi connectivity index (χ2n) is 8.40. The van der Waals surface area contributed by atoms with Gasteiger partial charge in [0.05, 0.1) is 23.7 Å². The minimum atomic E-state index is -0.457. The highest BCUT2D eigenvalue weighted by atomic mass is 32.2. The van der Waals surface area contributed by atoms with Crippen LogP contribution in [0.3, 0.4) is 0 Å². The van der Waals surface area contributed by atoms with Crippen LogP contribution in [0.5, 0.6) is 5.75 Å². The first-order valence-electron chi connectivity index (χ1n) is 11.7. The summed E-state index contributed by atoms with van der Waals surface area (Å²) in [6.45, 7) is 3.58. The first-order chi connectivity index (χ1) is 17.8. The molecule has 3 aromatic carbocycles. The van der Waals surface area contributed by atoms with Gasteiger partial charge in [0.2, 0.25) is 5.91 Å². The molecule has 0 spiro atoms. The van der Waals surface area contributed by atoms with E-state index in [-0.39, 0.29) is 23.1 Å². The van der Waals surface area contributed by atoms with E-state index >= 15 is 0 Å². The number of para-hydroxylation sites is 1. The minimum Gasteiger partial charge on any atom is -0.497 e. The maximum absolute atomic E-state index is 13.1. The number of carbonyl (C=O) groups excluding carboxylic acids is 2. The molecule has 0 radical (unpaired) electrons. The van der Waals surface area contributed by atoms with Crippen molar-refractivity contribution in [2.75, 3.05) is 17.7 Å². The second-order valence-corrected chi connectivity index (χ2v) is 9.81. The topological polar surface area (TPSA) is 94.4 Å². The molecule has 1 aromatic heterocycles. The zero-order chi connectivity index (χ0) is 26.5. The minimum absolute atomic E-state index is 0.244. The molecule has 0 saturated heterocycles. The molecule has 0 aliphatic rings. The highest BCUT2D eigenvalue weighted by molar-refractivity contribution is 8.00. The number of anilines is 2. The number of hydrogen-bond donors (Lipinski definition) is 2. The van der Waals surface area contributed by atoms with Gasteiger partial charge in [-0.3, -0.25) is 19.1 Å². The molecule has 37 heavy (non-hydrogen) atoms. The molecule has 4 aromatic rings. The van der Waals surface area contributed by atoms with Crippen molar-refractivity contribution in [2.24, 2.45) is 7.05 Å². The van der Waals surface area contributed by atoms with Gasteiger partial charge in [-0.25, -0.2) is 4.68 Å². The molecule has 1 unspecified atom stereocenters. The van der Waals surface area contributed by atoms with Crippen molar-refractivity contribution in [1.82, 2.24) is 9.36 Å². The number of rotatable bonds is 8. The highest BCUT2D eigenvalue weighted by Crippen LogP contribution is 2.26. The van der Waals surface area contributed by atoms with Gasteiger partial charge in [-0.2, -0.15) is 0 Å². The highest BCUT2D eigenvalue weighted by Gasteiger charge is 2.21. The Labute approximate surface area is 219 Å². The summed E-state index contributed by atoms with van der Waals surface area (Å²) in [5.74, 6) is 0.0918. The quantitative estimate of drug-likeness (QED) is 0.326. The number of amides is 2. The molecule has 2 amide bonds. The first kappa shape index (κ1) is 25.8. The van der Waals surface area contributed by atoms with Crippen molar-refractivity contribution >= 4 is 35.0 Å². The van der Waals surface area contributed by atoms with E-state index in [1.54, 1.807) is 69.1 Å². The fraction of sp³-hybridized carbons (Fsp3) is 0.179. The fourth-order valence-corrected chi connectivity index (χ4v) is 4.65. The standard InChI is InChI=1S/C28H28N4O4S/c1-18-25(28(35)32(31(18)3)22-10-6-5-7-11-22)30-26(33)19(2)37-24-15-13-21(14-16-24)29-27(34)20-9-8-12-23(17-20)36-4/h5-17,19H,1-4H3,(H,29,34)(H,30,33). The number of carbonyl (C=O) groups is 2. The number of hydrogen-bond acceptors (Lipinski definition) is 5. The molecule has 0 aliphatic heterocycles. The molecule has 0 saturated carbocycles. The Balaban J connectivity index is 1.40. The SMILES string of the molecule is COc1cccc(C(=O)Nc2ccc(SC(C)C(=O)Nc3c(C)n(C)n(-c4ccccc4)c3=O)cc2)c1. The summed E-state index contributed by atoms with van der Waals surface area (Å²) >= 11 is 1.36. The van der Waals surface area contributed by atoms with Crippen LogP contribution in [0.4, 0.5) is 11.4 Å². The Hall–Kier alpha value is -4.24. The number of nitrogens with one attached hydrogen (secondary N) is 2. The number of benzene rings is 3. The third-order valence-corrected chi connectivity index (χ3v) is 7.04. The van der Waals surface area contributed by atoms with Crippen LogP contribution in [0.25, 0.3) is 5.69 Å². The van der Waals surface area contributed by atoms with Gasteiger partial charge in [0.25, 0.3) is 11.5 Å². The van der Waals surface area contributed by atoms with Gasteiger partial charge in [0.15, 0.2) is 0 Å². The van der Waals surface area contributed by atoms with E-state index in [1.165, 1.54) is 16.4 Å². The molecular formula is C28H28N4O4S. The van der Waals surface area contributed by atoms with E-state index in [4.69, 9.17) is 4.74 Å². The lowest BCUT2D eigenvalue weighted by Gasteiger charge is -2.12. The van der Waals surface area contributed by atoms with Crippen LogP contribution in [0.2, 0.25) is 0 Å². The summed E-state index contributed by atoms with van der Waals surface area (Å²) in [6, 6.07) is 23.4. The van der Waals surface area contributed by atoms with E-state index < -0.39 is 5.25 Å². The molecule has 1 heterocycles. The molecule has 4 rings (SSSR count). The van der Waals surface area contributed by atoms with Crippen LogP contribution >= 0.6 is 11.8 Å². The third kappa shape index (κ3) is 5.78. The normalized spacial score (nSPS) is 11.6. The van der Waals surface area contributed by atoms with E-state index in [0.29, 0.717) is 22.7 Å². The summed E-state index contributed by atoms with van der Waals surface area (Å²) in [5.41, 5.74) is 2.49. The van der Waals surface area contributed by atoms with Gasteiger partial charge in [-0.1, -0.05) is 24.3 Å². The summed E-state index contributed by atoms with van der Waals surface area (Å²) in [4.78, 5) is 39.4. The number of nitrogens with zero attached hydrogens (tertiary/aromatic N) is 2. The smallest absolute Gasteiger partial charge is 0.295 e. The number of aromatic nitrogens is 2. The summed E-state index contributed by atoms with van der Waals surface area (Å²) in [6.07, 6.45) is 0. The zero-order valence-electron chi connectivity index (χ0n) is 21.0. The largest absolute Gasteiger partial charge is 0.497 e. The average molecular weight is 517 g/mol. The molecular weight excluding hydrogens is 488 g/mol. The Morgan fingerprint density at radius 3 is 2.32 bits per heavy atom. The summed E-state index contributed by atoms with van der Waals surface area (Å²) in [7, 11) is 3.34. The van der Waals surface area contributed by atoms with Crippen molar-refractivity contribution in [1.29, 1.82) is 0 Å². The van der Waals surface area contributed by atoms with E-state index in [9.17, 15) is 14.4 Å². The number of ether oxygens (including phenoxy) is 1. The second kappa shape index (κ2) is 11.2. The Morgan fingerprint density at radius 2 is 1.65 bits per heavy atom. The van der Waals surface area contributed by atoms with Crippen molar-refractivity contribution in [3.63, 3.8) is 0 Å². The van der Waals surface area contributed by atoms with Gasteiger partial charge in [-0.05, 0) is 68.4 Å². The van der Waals surface area contributed by atoms with Crippen LogP contribution in [0.15, 0.2) is 88.6 Å². The average Bonchev–Trinajstić information content (AvgIpc) is 3.13. The van der Waals surface area contributed by atoms with Gasteiger partial charge < -0.3 is 15.4 Å². The van der Waals surface area contributed by atoms with Gasteiger partial charge in [0, 0.05) is 23.2 Å². The van der Waals surface area contributed by atoms with Gasteiger partial charge in [-0.15, -0.1) is 11.8 Å². The zero-order valence-corrected chi connectivity index (χ0v) is 21.8. The van der Waals surface area contributed by atoms with E-state index in [0.717, 1.165) is 10.6 Å². The molecule has 190 valence electrons. The van der Waals surface area contributed by atoms with Gasteiger partial charge >= 0.3 is 0 Å². The van der Waals surface area contributed by atoms with Gasteiger partial charge in [0.1, 0.15) is 11.4 Å². The van der Waals surface area contributed by atoms with Crippen molar-refractivity contribution in [2.45, 2.75) is 24.0 Å². The fourth-order valence-electron chi connectivity index (χ4n) is 3.78.